The van der Waals surface area contributed by atoms with E-state index >= 15 is 0 Å². The van der Waals surface area contributed by atoms with Gasteiger partial charge in [-0.1, -0.05) is 48.6 Å². The summed E-state index contributed by atoms with van der Waals surface area (Å²) in [5, 5.41) is 30.5. The number of rotatable bonds is 10. The molecule has 1 heterocycles. The Hall–Kier alpha value is -4.91. The van der Waals surface area contributed by atoms with Gasteiger partial charge in [-0.05, 0) is 72.4 Å². The van der Waals surface area contributed by atoms with E-state index in [0.717, 1.165) is 28.0 Å². The van der Waals surface area contributed by atoms with Crippen molar-refractivity contribution in [3.8, 4) is 34.5 Å². The van der Waals surface area contributed by atoms with Crippen LogP contribution in [0.4, 0.5) is 0 Å². The first kappa shape index (κ1) is 28.6. The molecule has 0 spiro atoms. The molecule has 7 nitrogen and oxygen atoms in total. The van der Waals surface area contributed by atoms with Gasteiger partial charge in [0, 0.05) is 24.0 Å². The van der Waals surface area contributed by atoms with E-state index < -0.39 is 6.10 Å². The Morgan fingerprint density at radius 3 is 2.21 bits per heavy atom. The fraction of sp³-hybridized carbons (Fsp3) is 0.229. The zero-order valence-corrected chi connectivity index (χ0v) is 23.6. The Morgan fingerprint density at radius 2 is 1.57 bits per heavy atom. The second kappa shape index (κ2) is 12.7. The lowest BCUT2D eigenvalue weighted by molar-refractivity contribution is 0.0933. The SMILES string of the molecule is COc1ccc(CCC(=O)c2c(O)cc(OC)c3c2O[C@@H](c2ccc(O)cc2)[C@H](CC=Cc2ccc(O)cc2)C3)cc1. The van der Waals surface area contributed by atoms with Gasteiger partial charge < -0.3 is 29.5 Å². The Morgan fingerprint density at radius 1 is 0.905 bits per heavy atom. The van der Waals surface area contributed by atoms with E-state index in [1.165, 1.54) is 13.2 Å². The smallest absolute Gasteiger partial charge is 0.170 e. The molecule has 0 radical (unpaired) electrons. The van der Waals surface area contributed by atoms with E-state index in [1.54, 1.807) is 31.4 Å². The van der Waals surface area contributed by atoms with Gasteiger partial charge in [0.2, 0.25) is 0 Å². The predicted molar refractivity (Wildman–Crippen MR) is 161 cm³/mol. The van der Waals surface area contributed by atoms with Gasteiger partial charge in [0.25, 0.3) is 0 Å². The highest BCUT2D eigenvalue weighted by molar-refractivity contribution is 6.02. The van der Waals surface area contributed by atoms with Crippen molar-refractivity contribution in [3.63, 3.8) is 0 Å². The first-order valence-electron chi connectivity index (χ1n) is 13.9. The first-order chi connectivity index (χ1) is 20.4. The normalized spacial score (nSPS) is 16.0. The Kier molecular flexibility index (Phi) is 8.67. The molecule has 5 rings (SSSR count). The lowest BCUT2D eigenvalue weighted by Crippen LogP contribution is -2.27. The van der Waals surface area contributed by atoms with Crippen LogP contribution in [0.25, 0.3) is 6.08 Å². The molecular formula is C35H34O7. The van der Waals surface area contributed by atoms with E-state index in [2.05, 4.69) is 6.08 Å². The molecule has 3 N–H and O–H groups in total. The van der Waals surface area contributed by atoms with E-state index in [9.17, 15) is 20.1 Å². The number of phenolic OH excluding ortho intramolecular Hbond substituents is 3. The van der Waals surface area contributed by atoms with Crippen LogP contribution in [0.5, 0.6) is 34.5 Å². The largest absolute Gasteiger partial charge is 0.508 e. The third-order valence-corrected chi connectivity index (χ3v) is 7.62. The molecule has 0 unspecified atom stereocenters. The van der Waals surface area contributed by atoms with Crippen molar-refractivity contribution in [1.29, 1.82) is 0 Å². The second-order valence-electron chi connectivity index (χ2n) is 10.4. The van der Waals surface area contributed by atoms with Crippen molar-refractivity contribution in [2.75, 3.05) is 14.2 Å². The summed E-state index contributed by atoms with van der Waals surface area (Å²) in [5.74, 6) is 1.46. The predicted octanol–water partition coefficient (Wildman–Crippen LogP) is 7.03. The number of methoxy groups -OCH3 is 2. The van der Waals surface area contributed by atoms with Crippen molar-refractivity contribution >= 4 is 11.9 Å². The molecule has 1 aliphatic heterocycles. The number of hydrogen-bond donors (Lipinski definition) is 3. The summed E-state index contributed by atoms with van der Waals surface area (Å²) < 4.78 is 17.5. The van der Waals surface area contributed by atoms with Gasteiger partial charge in [-0.3, -0.25) is 4.79 Å². The van der Waals surface area contributed by atoms with Crippen LogP contribution in [0.2, 0.25) is 0 Å². The summed E-state index contributed by atoms with van der Waals surface area (Å²) in [4.78, 5) is 13.6. The van der Waals surface area contributed by atoms with Crippen LogP contribution in [0, 0.1) is 5.92 Å². The summed E-state index contributed by atoms with van der Waals surface area (Å²) >= 11 is 0. The maximum Gasteiger partial charge on any atom is 0.170 e. The molecule has 0 amide bonds. The number of aromatic hydroxyl groups is 3. The van der Waals surface area contributed by atoms with Gasteiger partial charge in [-0.2, -0.15) is 0 Å². The van der Waals surface area contributed by atoms with Crippen LogP contribution in [0.3, 0.4) is 0 Å². The van der Waals surface area contributed by atoms with Crippen molar-refractivity contribution in [2.24, 2.45) is 5.92 Å². The molecule has 0 fully saturated rings. The van der Waals surface area contributed by atoms with Crippen molar-refractivity contribution in [3.05, 3.63) is 113 Å². The third kappa shape index (κ3) is 6.36. The van der Waals surface area contributed by atoms with Crippen molar-refractivity contribution in [2.45, 2.75) is 31.8 Å². The number of aryl methyl sites for hydroxylation is 1. The number of carbonyl (C=O) groups is 1. The lowest BCUT2D eigenvalue weighted by atomic mass is 9.82. The van der Waals surface area contributed by atoms with Crippen LogP contribution in [-0.2, 0) is 12.8 Å². The third-order valence-electron chi connectivity index (χ3n) is 7.62. The van der Waals surface area contributed by atoms with E-state index in [4.69, 9.17) is 14.2 Å². The number of ketones is 1. The summed E-state index contributed by atoms with van der Waals surface area (Å²) in [6, 6.07) is 22.9. The monoisotopic (exact) mass is 566 g/mol. The summed E-state index contributed by atoms with van der Waals surface area (Å²) in [6.07, 6.45) is 5.49. The average Bonchev–Trinajstić information content (AvgIpc) is 3.01. The Bertz CT molecular complexity index is 1560. The van der Waals surface area contributed by atoms with Gasteiger partial charge in [-0.15, -0.1) is 0 Å². The minimum Gasteiger partial charge on any atom is -0.508 e. The molecule has 42 heavy (non-hydrogen) atoms. The molecule has 2 atom stereocenters. The quantitative estimate of drug-likeness (QED) is 0.177. The van der Waals surface area contributed by atoms with Gasteiger partial charge in [0.15, 0.2) is 5.78 Å². The first-order valence-corrected chi connectivity index (χ1v) is 13.9. The number of carbonyl (C=O) groups excluding carboxylic acids is 1. The highest BCUT2D eigenvalue weighted by atomic mass is 16.5. The topological polar surface area (TPSA) is 105 Å². The number of fused-ring (bicyclic) bond motifs is 1. The maximum atomic E-state index is 13.6. The molecule has 0 aliphatic carbocycles. The van der Waals surface area contributed by atoms with E-state index in [0.29, 0.717) is 30.8 Å². The molecule has 0 bridgehead atoms. The number of allylic oxidation sites excluding steroid dienone is 1. The van der Waals surface area contributed by atoms with Gasteiger partial charge in [-0.25, -0.2) is 0 Å². The fourth-order valence-electron chi connectivity index (χ4n) is 5.38. The molecule has 4 aromatic rings. The number of hydrogen-bond acceptors (Lipinski definition) is 7. The average molecular weight is 567 g/mol. The van der Waals surface area contributed by atoms with Gasteiger partial charge >= 0.3 is 0 Å². The summed E-state index contributed by atoms with van der Waals surface area (Å²) in [7, 11) is 3.14. The van der Waals surface area contributed by atoms with E-state index in [-0.39, 0.29) is 40.9 Å². The van der Waals surface area contributed by atoms with E-state index in [1.807, 2.05) is 54.6 Å². The number of ether oxygens (including phenoxy) is 3. The molecule has 1 aliphatic rings. The standard InChI is InChI=1S/C35H34O7/c1-40-28-17-8-23(9-18-28)10-19-30(38)33-31(39)21-32(41-2)29-20-25(5-3-4-22-6-13-26(36)14-7-22)34(42-35(29)33)24-11-15-27(37)16-12-24/h3-4,6-9,11-18,21,25,34,36-37,39H,5,10,19-20H2,1-2H3/t25-,34+/m1/s1. The van der Waals surface area contributed by atoms with Gasteiger partial charge in [0.05, 0.1) is 14.2 Å². The maximum absolute atomic E-state index is 13.6. The Balaban J connectivity index is 1.46. The number of phenols is 3. The summed E-state index contributed by atoms with van der Waals surface area (Å²) in [5.41, 5.74) is 3.68. The lowest BCUT2D eigenvalue weighted by Gasteiger charge is -2.35. The fourth-order valence-corrected chi connectivity index (χ4v) is 5.38. The zero-order valence-electron chi connectivity index (χ0n) is 23.6. The molecule has 0 saturated carbocycles. The van der Waals surface area contributed by atoms with Crippen LogP contribution < -0.4 is 14.2 Å². The zero-order chi connectivity index (χ0) is 29.6. The van der Waals surface area contributed by atoms with Crippen LogP contribution in [0.1, 0.15) is 51.6 Å². The minimum atomic E-state index is -0.442. The van der Waals surface area contributed by atoms with Crippen molar-refractivity contribution < 1.29 is 34.3 Å². The molecule has 0 aromatic heterocycles. The highest BCUT2D eigenvalue weighted by Gasteiger charge is 2.36. The number of benzene rings is 4. The second-order valence-corrected chi connectivity index (χ2v) is 10.4. The Labute approximate surface area is 245 Å². The molecular weight excluding hydrogens is 532 g/mol. The number of Topliss-reactive ketones (excluding diaryl/α,β-unsaturated/α-hetero) is 1. The van der Waals surface area contributed by atoms with Gasteiger partial charge in [0.1, 0.15) is 46.2 Å². The summed E-state index contributed by atoms with van der Waals surface area (Å²) in [6.45, 7) is 0. The molecule has 0 saturated heterocycles. The van der Waals surface area contributed by atoms with Crippen LogP contribution in [0.15, 0.2) is 84.9 Å². The van der Waals surface area contributed by atoms with Crippen LogP contribution >= 0.6 is 0 Å². The van der Waals surface area contributed by atoms with Crippen molar-refractivity contribution in [1.82, 2.24) is 0 Å². The molecule has 216 valence electrons. The minimum absolute atomic E-state index is 0.0314. The highest BCUT2D eigenvalue weighted by Crippen LogP contribution is 2.49. The molecule has 4 aromatic carbocycles. The molecule has 7 heteroatoms. The van der Waals surface area contributed by atoms with Crippen LogP contribution in [-0.4, -0.2) is 35.3 Å².